The summed E-state index contributed by atoms with van der Waals surface area (Å²) in [4.78, 5) is 2.61. The number of hydrogen-bond donors (Lipinski definition) is 0. The van der Waals surface area contributed by atoms with Crippen molar-refractivity contribution in [2.45, 2.75) is 46.5 Å². The molecule has 0 aromatic carbocycles. The summed E-state index contributed by atoms with van der Waals surface area (Å²) in [6.07, 6.45) is 5.59. The number of likely N-dealkylation sites (tertiary alicyclic amines) is 1. The molecule has 0 amide bonds. The van der Waals surface area contributed by atoms with Gasteiger partial charge in [-0.15, -0.1) is 0 Å². The Hall–Kier alpha value is -0.0400. The Bertz CT molecular complexity index is 127. The fraction of sp³-hybridized carbons (Fsp3) is 1.00. The smallest absolute Gasteiger partial charge is 0.00377 e. The topological polar surface area (TPSA) is 3.24 Å². The van der Waals surface area contributed by atoms with E-state index in [1.165, 1.54) is 45.3 Å². The Kier molecular flexibility index (Phi) is 3.57. The number of hydrogen-bond acceptors (Lipinski definition) is 1. The van der Waals surface area contributed by atoms with Gasteiger partial charge in [0, 0.05) is 6.54 Å². The van der Waals surface area contributed by atoms with E-state index in [1.54, 1.807) is 0 Å². The highest BCUT2D eigenvalue weighted by molar-refractivity contribution is 4.84. The van der Waals surface area contributed by atoms with Crippen LogP contribution in [0.5, 0.6) is 0 Å². The van der Waals surface area contributed by atoms with Crippen molar-refractivity contribution in [2.75, 3.05) is 19.6 Å². The Morgan fingerprint density at radius 3 is 2.33 bits per heavy atom. The quantitative estimate of drug-likeness (QED) is 0.628. The van der Waals surface area contributed by atoms with Crippen molar-refractivity contribution in [3.63, 3.8) is 0 Å². The lowest BCUT2D eigenvalue weighted by Crippen LogP contribution is -2.42. The van der Waals surface area contributed by atoms with Crippen molar-refractivity contribution >= 4 is 0 Å². The highest BCUT2D eigenvalue weighted by Crippen LogP contribution is 2.36. The fourth-order valence-corrected chi connectivity index (χ4v) is 2.41. The molecule has 0 unspecified atom stereocenters. The summed E-state index contributed by atoms with van der Waals surface area (Å²) in [5.74, 6) is 0. The van der Waals surface area contributed by atoms with Crippen LogP contribution in [0.3, 0.4) is 0 Å². The average Bonchev–Trinajstić information content (AvgIpc) is 2.18. The summed E-state index contributed by atoms with van der Waals surface area (Å²) in [5.41, 5.74) is 0.661. The van der Waals surface area contributed by atoms with E-state index in [4.69, 9.17) is 0 Å². The van der Waals surface area contributed by atoms with Crippen LogP contribution >= 0.6 is 0 Å². The molecule has 0 aliphatic carbocycles. The van der Waals surface area contributed by atoms with Gasteiger partial charge in [0.05, 0.1) is 0 Å². The monoisotopic (exact) mass is 169 g/mol. The minimum absolute atomic E-state index is 0.661. The molecule has 1 heterocycles. The molecule has 12 heavy (non-hydrogen) atoms. The van der Waals surface area contributed by atoms with Crippen LogP contribution in [0.2, 0.25) is 0 Å². The first-order valence-corrected chi connectivity index (χ1v) is 5.48. The van der Waals surface area contributed by atoms with Crippen molar-refractivity contribution in [3.05, 3.63) is 0 Å². The number of rotatable bonds is 3. The van der Waals surface area contributed by atoms with Crippen molar-refractivity contribution < 1.29 is 0 Å². The van der Waals surface area contributed by atoms with E-state index in [9.17, 15) is 0 Å². The lowest BCUT2D eigenvalue weighted by atomic mass is 9.75. The van der Waals surface area contributed by atoms with Gasteiger partial charge in [0.2, 0.25) is 0 Å². The zero-order valence-electron chi connectivity index (χ0n) is 8.90. The van der Waals surface area contributed by atoms with E-state index in [2.05, 4.69) is 25.7 Å². The highest BCUT2D eigenvalue weighted by atomic mass is 15.1. The van der Waals surface area contributed by atoms with Gasteiger partial charge in [0.15, 0.2) is 0 Å². The minimum atomic E-state index is 0.661. The van der Waals surface area contributed by atoms with Gasteiger partial charge in [-0.25, -0.2) is 0 Å². The lowest BCUT2D eigenvalue weighted by molar-refractivity contribution is 0.0843. The molecule has 72 valence electrons. The summed E-state index contributed by atoms with van der Waals surface area (Å²) >= 11 is 0. The summed E-state index contributed by atoms with van der Waals surface area (Å²) in [6, 6.07) is 0. The van der Waals surface area contributed by atoms with Crippen molar-refractivity contribution in [2.24, 2.45) is 5.41 Å². The Labute approximate surface area is 77.1 Å². The predicted octanol–water partition coefficient (Wildman–Crippen LogP) is 2.91. The molecular weight excluding hydrogens is 146 g/mol. The molecule has 1 aliphatic rings. The summed E-state index contributed by atoms with van der Waals surface area (Å²) in [7, 11) is 0. The van der Waals surface area contributed by atoms with Gasteiger partial charge < -0.3 is 4.90 Å². The minimum Gasteiger partial charge on any atom is -0.303 e. The van der Waals surface area contributed by atoms with Gasteiger partial charge in [0.1, 0.15) is 0 Å². The van der Waals surface area contributed by atoms with E-state index < -0.39 is 0 Å². The van der Waals surface area contributed by atoms with E-state index in [0.717, 1.165) is 0 Å². The van der Waals surface area contributed by atoms with Crippen LogP contribution in [-0.4, -0.2) is 24.5 Å². The molecule has 0 spiro atoms. The van der Waals surface area contributed by atoms with E-state index >= 15 is 0 Å². The molecule has 0 aromatic rings. The molecule has 0 N–H and O–H groups in total. The molecule has 0 radical (unpaired) electrons. The van der Waals surface area contributed by atoms with Crippen molar-refractivity contribution in [3.8, 4) is 0 Å². The van der Waals surface area contributed by atoms with Gasteiger partial charge in [-0.1, -0.05) is 20.8 Å². The van der Waals surface area contributed by atoms with Crippen LogP contribution in [-0.2, 0) is 0 Å². The summed E-state index contributed by atoms with van der Waals surface area (Å²) in [6.45, 7) is 10.9. The first-order valence-electron chi connectivity index (χ1n) is 5.48. The second-order valence-corrected chi connectivity index (χ2v) is 4.18. The average molecular weight is 169 g/mol. The summed E-state index contributed by atoms with van der Waals surface area (Å²) in [5, 5.41) is 0. The molecule has 1 aliphatic heterocycles. The molecule has 0 bridgehead atoms. The molecule has 0 aromatic heterocycles. The third kappa shape index (κ3) is 2.01. The predicted molar refractivity (Wildman–Crippen MR) is 54.4 cm³/mol. The van der Waals surface area contributed by atoms with Crippen LogP contribution in [0.4, 0.5) is 0 Å². The molecule has 1 nitrogen and oxygen atoms in total. The Morgan fingerprint density at radius 2 is 1.83 bits per heavy atom. The number of piperidine rings is 1. The van der Waals surface area contributed by atoms with Gasteiger partial charge in [-0.2, -0.15) is 0 Å². The first kappa shape index (κ1) is 10.0. The third-order valence-electron chi connectivity index (χ3n) is 3.69. The largest absolute Gasteiger partial charge is 0.303 e. The molecule has 1 rings (SSSR count). The van der Waals surface area contributed by atoms with Crippen LogP contribution in [0.1, 0.15) is 46.5 Å². The standard InChI is InChI=1S/C11H23N/c1-4-11(5-2)8-7-9-12(6-3)10-11/h4-10H2,1-3H3. The molecule has 1 fully saturated rings. The van der Waals surface area contributed by atoms with Crippen LogP contribution in [0, 0.1) is 5.41 Å². The van der Waals surface area contributed by atoms with Gasteiger partial charge in [-0.05, 0) is 44.2 Å². The van der Waals surface area contributed by atoms with Gasteiger partial charge >= 0.3 is 0 Å². The molecule has 0 atom stereocenters. The second kappa shape index (κ2) is 4.27. The van der Waals surface area contributed by atoms with Crippen LogP contribution in [0.25, 0.3) is 0 Å². The van der Waals surface area contributed by atoms with Crippen LogP contribution in [0.15, 0.2) is 0 Å². The maximum absolute atomic E-state index is 2.61. The Morgan fingerprint density at radius 1 is 1.17 bits per heavy atom. The summed E-state index contributed by atoms with van der Waals surface area (Å²) < 4.78 is 0. The Balaban J connectivity index is 2.52. The zero-order chi connectivity index (χ0) is 9.03. The SMILES string of the molecule is CCN1CCCC(CC)(CC)C1. The fourth-order valence-electron chi connectivity index (χ4n) is 2.41. The third-order valence-corrected chi connectivity index (χ3v) is 3.69. The van der Waals surface area contributed by atoms with Gasteiger partial charge in [0.25, 0.3) is 0 Å². The lowest BCUT2D eigenvalue weighted by Gasteiger charge is -2.41. The van der Waals surface area contributed by atoms with E-state index in [-0.39, 0.29) is 0 Å². The molecule has 1 saturated heterocycles. The molecule has 0 saturated carbocycles. The molecule has 1 heteroatoms. The molecular formula is C11H23N. The normalized spacial score (nSPS) is 24.2. The van der Waals surface area contributed by atoms with Crippen LogP contribution < -0.4 is 0 Å². The maximum atomic E-state index is 2.61. The second-order valence-electron chi connectivity index (χ2n) is 4.18. The van der Waals surface area contributed by atoms with Crippen molar-refractivity contribution in [1.29, 1.82) is 0 Å². The zero-order valence-corrected chi connectivity index (χ0v) is 8.90. The van der Waals surface area contributed by atoms with E-state index in [1.807, 2.05) is 0 Å². The number of nitrogens with zero attached hydrogens (tertiary/aromatic N) is 1. The van der Waals surface area contributed by atoms with Gasteiger partial charge in [-0.3, -0.25) is 0 Å². The highest BCUT2D eigenvalue weighted by Gasteiger charge is 2.31. The first-order chi connectivity index (χ1) is 5.76. The van der Waals surface area contributed by atoms with Crippen molar-refractivity contribution in [1.82, 2.24) is 4.90 Å². The van der Waals surface area contributed by atoms with E-state index in [0.29, 0.717) is 5.41 Å². The maximum Gasteiger partial charge on any atom is 0.00377 e.